The molecular formula is C46H88NO10P. The number of phosphoric ester groups is 1. The van der Waals surface area contributed by atoms with Crippen LogP contribution in [-0.2, 0) is 37.5 Å². The number of ether oxygens (including phenoxy) is 2. The Bertz CT molecular complexity index is 1040. The molecule has 0 spiro atoms. The number of hydrogen-bond donors (Lipinski definition) is 3. The van der Waals surface area contributed by atoms with Gasteiger partial charge in [0, 0.05) is 12.8 Å². The van der Waals surface area contributed by atoms with E-state index in [9.17, 15) is 23.8 Å². The molecule has 0 heterocycles. The molecule has 0 aliphatic heterocycles. The summed E-state index contributed by atoms with van der Waals surface area (Å²) in [5.74, 6) is -2.38. The summed E-state index contributed by atoms with van der Waals surface area (Å²) in [4.78, 5) is 45.9. The summed E-state index contributed by atoms with van der Waals surface area (Å²) in [6, 6.07) is -1.52. The zero-order valence-corrected chi connectivity index (χ0v) is 38.1. The third-order valence-corrected chi connectivity index (χ3v) is 11.4. The molecule has 3 atom stereocenters. The predicted octanol–water partition coefficient (Wildman–Crippen LogP) is 12.8. The van der Waals surface area contributed by atoms with Gasteiger partial charge in [0.25, 0.3) is 0 Å². The van der Waals surface area contributed by atoms with Gasteiger partial charge in [-0.2, -0.15) is 0 Å². The second kappa shape index (κ2) is 41.9. The molecule has 342 valence electrons. The summed E-state index contributed by atoms with van der Waals surface area (Å²) in [7, 11) is -4.71. The second-order valence-electron chi connectivity index (χ2n) is 16.2. The number of carbonyl (C=O) groups is 3. The van der Waals surface area contributed by atoms with Crippen LogP contribution in [0.4, 0.5) is 0 Å². The number of allylic oxidation sites excluding steroid dienone is 2. The van der Waals surface area contributed by atoms with E-state index in [4.69, 9.17) is 24.8 Å². The molecule has 0 fully saturated rings. The van der Waals surface area contributed by atoms with Crippen LogP contribution in [-0.4, -0.2) is 59.9 Å². The topological polar surface area (TPSA) is 172 Å². The largest absolute Gasteiger partial charge is 0.480 e. The van der Waals surface area contributed by atoms with E-state index in [1.807, 2.05) is 0 Å². The summed E-state index contributed by atoms with van der Waals surface area (Å²) in [6.07, 6.45) is 43.0. The molecule has 0 rings (SSSR count). The van der Waals surface area contributed by atoms with Crippen molar-refractivity contribution in [3.8, 4) is 0 Å². The van der Waals surface area contributed by atoms with Crippen LogP contribution in [0.5, 0.6) is 0 Å². The molecule has 0 aromatic rings. The van der Waals surface area contributed by atoms with Gasteiger partial charge in [-0.1, -0.05) is 199 Å². The third kappa shape index (κ3) is 41.0. The zero-order chi connectivity index (χ0) is 42.8. The van der Waals surface area contributed by atoms with Crippen LogP contribution in [0.25, 0.3) is 0 Å². The van der Waals surface area contributed by atoms with Crippen molar-refractivity contribution in [2.75, 3.05) is 19.8 Å². The van der Waals surface area contributed by atoms with Gasteiger partial charge in [-0.3, -0.25) is 23.4 Å². The Morgan fingerprint density at radius 3 is 1.33 bits per heavy atom. The highest BCUT2D eigenvalue weighted by molar-refractivity contribution is 7.47. The quantitative estimate of drug-likeness (QED) is 0.0230. The number of esters is 2. The molecule has 0 saturated carbocycles. The molecule has 3 unspecified atom stereocenters. The monoisotopic (exact) mass is 846 g/mol. The van der Waals surface area contributed by atoms with Gasteiger partial charge in [-0.05, 0) is 32.1 Å². The Morgan fingerprint density at radius 1 is 0.517 bits per heavy atom. The zero-order valence-electron chi connectivity index (χ0n) is 37.2. The first-order valence-electron chi connectivity index (χ1n) is 23.7. The molecule has 0 aliphatic carbocycles. The van der Waals surface area contributed by atoms with Crippen molar-refractivity contribution in [3.05, 3.63) is 12.2 Å². The van der Waals surface area contributed by atoms with Gasteiger partial charge in [0.2, 0.25) is 0 Å². The minimum absolute atomic E-state index is 0.154. The first-order valence-corrected chi connectivity index (χ1v) is 25.2. The molecule has 58 heavy (non-hydrogen) atoms. The normalized spacial score (nSPS) is 13.7. The molecule has 4 N–H and O–H groups in total. The average molecular weight is 846 g/mol. The van der Waals surface area contributed by atoms with E-state index in [0.29, 0.717) is 12.8 Å². The fourth-order valence-corrected chi connectivity index (χ4v) is 7.55. The maximum atomic E-state index is 12.6. The Kier molecular flexibility index (Phi) is 40.6. The summed E-state index contributed by atoms with van der Waals surface area (Å²) < 4.78 is 32.7. The minimum atomic E-state index is -4.71. The van der Waals surface area contributed by atoms with E-state index in [-0.39, 0.29) is 19.4 Å². The number of hydrogen-bond acceptors (Lipinski definition) is 9. The number of carboxylic acid groups (broad SMARTS) is 1. The summed E-state index contributed by atoms with van der Waals surface area (Å²) in [5.41, 5.74) is 5.33. The number of carboxylic acids is 1. The van der Waals surface area contributed by atoms with E-state index in [0.717, 1.165) is 64.2 Å². The Hall–Kier alpha value is -1.78. The highest BCUT2D eigenvalue weighted by Gasteiger charge is 2.28. The molecule has 0 bridgehead atoms. The van der Waals surface area contributed by atoms with Crippen molar-refractivity contribution >= 4 is 25.7 Å². The highest BCUT2D eigenvalue weighted by Crippen LogP contribution is 2.43. The van der Waals surface area contributed by atoms with Crippen molar-refractivity contribution in [1.82, 2.24) is 0 Å². The lowest BCUT2D eigenvalue weighted by Gasteiger charge is -2.20. The van der Waals surface area contributed by atoms with Crippen LogP contribution in [0.15, 0.2) is 12.2 Å². The summed E-state index contributed by atoms with van der Waals surface area (Å²) >= 11 is 0. The third-order valence-electron chi connectivity index (χ3n) is 10.5. The van der Waals surface area contributed by atoms with Crippen molar-refractivity contribution in [3.63, 3.8) is 0 Å². The number of nitrogens with two attached hydrogens (primary N) is 1. The predicted molar refractivity (Wildman–Crippen MR) is 236 cm³/mol. The van der Waals surface area contributed by atoms with Crippen LogP contribution in [0.1, 0.15) is 232 Å². The van der Waals surface area contributed by atoms with Crippen LogP contribution >= 0.6 is 7.82 Å². The van der Waals surface area contributed by atoms with Crippen molar-refractivity contribution in [2.24, 2.45) is 5.73 Å². The van der Waals surface area contributed by atoms with Crippen LogP contribution in [0.2, 0.25) is 0 Å². The fraction of sp³-hybridized carbons (Fsp3) is 0.891. The van der Waals surface area contributed by atoms with Crippen molar-refractivity contribution < 1.29 is 47.5 Å². The first-order chi connectivity index (χ1) is 28.1. The maximum absolute atomic E-state index is 12.6. The number of aliphatic carboxylic acids is 1. The van der Waals surface area contributed by atoms with Gasteiger partial charge in [-0.25, -0.2) is 4.57 Å². The second-order valence-corrected chi connectivity index (χ2v) is 17.7. The van der Waals surface area contributed by atoms with E-state index in [1.165, 1.54) is 128 Å². The highest BCUT2D eigenvalue weighted by atomic mass is 31.2. The smallest absolute Gasteiger partial charge is 0.472 e. The molecule has 0 aliphatic rings. The Labute approximate surface area is 354 Å². The van der Waals surface area contributed by atoms with E-state index >= 15 is 0 Å². The lowest BCUT2D eigenvalue weighted by Crippen LogP contribution is -2.34. The molecule has 0 amide bonds. The number of rotatable bonds is 45. The van der Waals surface area contributed by atoms with Gasteiger partial charge >= 0.3 is 25.7 Å². The standard InChI is InChI=1S/C46H88NO10P/c1-3-5-7-9-11-13-15-16-17-18-19-20-21-22-23-24-25-26-27-28-30-31-33-35-37-44(48)54-39-42(40-55-58(52,53)56-41-43(47)46(50)51)57-45(49)38-36-34-32-29-14-12-10-8-6-4-2/h8,10,42-43H,3-7,9,11-41,47H2,1-2H3,(H,50,51)(H,52,53)/b10-8-. The number of carbonyl (C=O) groups excluding carboxylic acids is 2. The van der Waals surface area contributed by atoms with Crippen molar-refractivity contribution in [1.29, 1.82) is 0 Å². The fourth-order valence-electron chi connectivity index (χ4n) is 6.78. The Morgan fingerprint density at radius 2 is 0.897 bits per heavy atom. The molecule has 0 aromatic carbocycles. The molecule has 0 saturated heterocycles. The summed E-state index contributed by atoms with van der Waals surface area (Å²) in [5, 5.41) is 8.88. The van der Waals surface area contributed by atoms with Gasteiger partial charge in [0.05, 0.1) is 13.2 Å². The lowest BCUT2D eigenvalue weighted by molar-refractivity contribution is -0.161. The molecule has 11 nitrogen and oxygen atoms in total. The van der Waals surface area contributed by atoms with Gasteiger partial charge in [-0.15, -0.1) is 0 Å². The van der Waals surface area contributed by atoms with Gasteiger partial charge < -0.3 is 25.2 Å². The summed E-state index contributed by atoms with van der Waals surface area (Å²) in [6.45, 7) is 2.76. The first kappa shape index (κ1) is 56.2. The van der Waals surface area contributed by atoms with Crippen LogP contribution in [0.3, 0.4) is 0 Å². The van der Waals surface area contributed by atoms with E-state index in [1.54, 1.807) is 0 Å². The van der Waals surface area contributed by atoms with Crippen LogP contribution in [0, 0.1) is 0 Å². The molecular weight excluding hydrogens is 757 g/mol. The minimum Gasteiger partial charge on any atom is -0.480 e. The number of unbranched alkanes of at least 4 members (excludes halogenated alkanes) is 29. The lowest BCUT2D eigenvalue weighted by atomic mass is 10.0. The van der Waals surface area contributed by atoms with E-state index in [2.05, 4.69) is 30.5 Å². The Balaban J connectivity index is 4.09. The average Bonchev–Trinajstić information content (AvgIpc) is 3.20. The van der Waals surface area contributed by atoms with E-state index < -0.39 is 51.1 Å². The maximum Gasteiger partial charge on any atom is 0.472 e. The molecule has 0 aromatic heterocycles. The molecule has 12 heteroatoms. The molecule has 0 radical (unpaired) electrons. The van der Waals surface area contributed by atoms with Gasteiger partial charge in [0.15, 0.2) is 6.10 Å². The van der Waals surface area contributed by atoms with Crippen LogP contribution < -0.4 is 5.73 Å². The van der Waals surface area contributed by atoms with Crippen molar-refractivity contribution in [2.45, 2.75) is 244 Å². The number of phosphoric acid groups is 1. The van der Waals surface area contributed by atoms with Gasteiger partial charge in [0.1, 0.15) is 12.6 Å². The SMILES string of the molecule is CCC/C=C\CCCCCCCC(=O)OC(COC(=O)CCCCCCCCCCCCCCCCCCCCCCCCCC)COP(=O)(O)OCC(N)C(=O)O.